The minimum absolute atomic E-state index is 0.0941. The molecule has 0 aliphatic heterocycles. The van der Waals surface area contributed by atoms with E-state index in [1.165, 1.54) is 19.2 Å². The maximum Gasteiger partial charge on any atom is 0.293 e. The molecule has 132 valence electrons. The third kappa shape index (κ3) is 4.42. The van der Waals surface area contributed by atoms with Crippen molar-refractivity contribution in [1.29, 1.82) is 0 Å². The number of sulfonamides is 1. The number of nitro groups is 1. The molecule has 9 nitrogen and oxygen atoms in total. The lowest BCUT2D eigenvalue weighted by molar-refractivity contribution is -0.384. The van der Waals surface area contributed by atoms with Crippen LogP contribution in [0.3, 0.4) is 0 Å². The van der Waals surface area contributed by atoms with Crippen LogP contribution in [-0.2, 0) is 14.8 Å². The van der Waals surface area contributed by atoms with Gasteiger partial charge in [-0.1, -0.05) is 12.8 Å². The van der Waals surface area contributed by atoms with Crippen molar-refractivity contribution in [3.05, 3.63) is 28.3 Å². The summed E-state index contributed by atoms with van der Waals surface area (Å²) in [6, 6.07) is 3.65. The fourth-order valence-electron chi connectivity index (χ4n) is 2.62. The average molecular weight is 356 g/mol. The Morgan fingerprint density at radius 1 is 1.33 bits per heavy atom. The molecule has 0 saturated heterocycles. The van der Waals surface area contributed by atoms with Crippen LogP contribution in [0.15, 0.2) is 23.1 Å². The van der Waals surface area contributed by atoms with Gasteiger partial charge in [0, 0.05) is 12.1 Å². The molecule has 0 heterocycles. The Morgan fingerprint density at radius 2 is 2.00 bits per heavy atom. The number of nitro benzene ring substituents is 1. The van der Waals surface area contributed by atoms with E-state index in [0.717, 1.165) is 31.7 Å². The SMILES string of the molecule is CNS(=O)(=O)c1ccc(NCC(=O)NC2CCCC2)c([N+](=O)[O-])c1. The average Bonchev–Trinajstić information content (AvgIpc) is 3.05. The van der Waals surface area contributed by atoms with Gasteiger partial charge in [-0.15, -0.1) is 0 Å². The molecule has 0 atom stereocenters. The quantitative estimate of drug-likeness (QED) is 0.493. The van der Waals surface area contributed by atoms with Gasteiger partial charge in [-0.3, -0.25) is 14.9 Å². The van der Waals surface area contributed by atoms with E-state index in [1.54, 1.807) is 0 Å². The third-order valence-electron chi connectivity index (χ3n) is 3.90. The fraction of sp³-hybridized carbons (Fsp3) is 0.500. The number of hydrogen-bond acceptors (Lipinski definition) is 6. The first-order chi connectivity index (χ1) is 11.3. The second kappa shape index (κ2) is 7.58. The minimum atomic E-state index is -3.78. The predicted octanol–water partition coefficient (Wildman–Crippen LogP) is 0.974. The predicted molar refractivity (Wildman–Crippen MR) is 88.2 cm³/mol. The molecule has 1 aliphatic carbocycles. The third-order valence-corrected chi connectivity index (χ3v) is 5.32. The molecule has 0 radical (unpaired) electrons. The van der Waals surface area contributed by atoms with Crippen molar-refractivity contribution in [2.75, 3.05) is 18.9 Å². The Balaban J connectivity index is 2.09. The van der Waals surface area contributed by atoms with Gasteiger partial charge in [0.2, 0.25) is 15.9 Å². The van der Waals surface area contributed by atoms with Gasteiger partial charge in [-0.25, -0.2) is 13.1 Å². The van der Waals surface area contributed by atoms with Crippen molar-refractivity contribution in [3.8, 4) is 0 Å². The van der Waals surface area contributed by atoms with Gasteiger partial charge >= 0.3 is 0 Å². The van der Waals surface area contributed by atoms with E-state index in [9.17, 15) is 23.3 Å². The van der Waals surface area contributed by atoms with Gasteiger partial charge in [-0.2, -0.15) is 0 Å². The highest BCUT2D eigenvalue weighted by molar-refractivity contribution is 7.89. The van der Waals surface area contributed by atoms with Crippen LogP contribution in [0.2, 0.25) is 0 Å². The van der Waals surface area contributed by atoms with Crippen LogP contribution in [-0.4, -0.2) is 38.9 Å². The molecule has 0 unspecified atom stereocenters. The number of nitrogens with zero attached hydrogens (tertiary/aromatic N) is 1. The molecule has 2 rings (SSSR count). The number of carbonyl (C=O) groups excluding carboxylic acids is 1. The van der Waals surface area contributed by atoms with Crippen LogP contribution in [0.4, 0.5) is 11.4 Å². The summed E-state index contributed by atoms with van der Waals surface area (Å²) >= 11 is 0. The van der Waals surface area contributed by atoms with Gasteiger partial charge in [-0.05, 0) is 32.0 Å². The van der Waals surface area contributed by atoms with Gasteiger partial charge in [0.1, 0.15) is 5.69 Å². The molecule has 10 heteroatoms. The smallest absolute Gasteiger partial charge is 0.293 e. The number of carbonyl (C=O) groups is 1. The van der Waals surface area contributed by atoms with Gasteiger partial charge < -0.3 is 10.6 Å². The molecule has 1 amide bonds. The van der Waals surface area contributed by atoms with Crippen molar-refractivity contribution < 1.29 is 18.1 Å². The Bertz CT molecular complexity index is 729. The molecule has 1 saturated carbocycles. The van der Waals surface area contributed by atoms with Crippen molar-refractivity contribution in [1.82, 2.24) is 10.0 Å². The Kier molecular flexibility index (Phi) is 5.73. The van der Waals surface area contributed by atoms with Crippen LogP contribution < -0.4 is 15.4 Å². The molecule has 1 aromatic rings. The summed E-state index contributed by atoms with van der Waals surface area (Å²) in [5.41, 5.74) is -0.309. The Morgan fingerprint density at radius 3 is 2.58 bits per heavy atom. The maximum atomic E-state index is 11.9. The Labute approximate surface area is 140 Å². The van der Waals surface area contributed by atoms with E-state index in [1.807, 2.05) is 0 Å². The zero-order valence-electron chi connectivity index (χ0n) is 13.2. The number of hydrogen-bond donors (Lipinski definition) is 3. The first-order valence-electron chi connectivity index (χ1n) is 7.58. The monoisotopic (exact) mass is 356 g/mol. The second-order valence-electron chi connectivity index (χ2n) is 5.55. The summed E-state index contributed by atoms with van der Waals surface area (Å²) in [5, 5.41) is 16.7. The van der Waals surface area contributed by atoms with Crippen LogP contribution in [0.1, 0.15) is 25.7 Å². The molecule has 3 N–H and O–H groups in total. The van der Waals surface area contributed by atoms with E-state index in [2.05, 4.69) is 15.4 Å². The highest BCUT2D eigenvalue weighted by Gasteiger charge is 2.21. The van der Waals surface area contributed by atoms with Crippen molar-refractivity contribution >= 4 is 27.3 Å². The fourth-order valence-corrected chi connectivity index (χ4v) is 3.37. The summed E-state index contributed by atoms with van der Waals surface area (Å²) in [4.78, 5) is 22.1. The first-order valence-corrected chi connectivity index (χ1v) is 9.07. The highest BCUT2D eigenvalue weighted by atomic mass is 32.2. The van der Waals surface area contributed by atoms with Crippen molar-refractivity contribution in [2.24, 2.45) is 0 Å². The minimum Gasteiger partial charge on any atom is -0.371 e. The molecular weight excluding hydrogens is 336 g/mol. The van der Waals surface area contributed by atoms with Crippen LogP contribution in [0, 0.1) is 10.1 Å². The molecule has 1 aliphatic rings. The lowest BCUT2D eigenvalue weighted by Crippen LogP contribution is -2.36. The zero-order valence-corrected chi connectivity index (χ0v) is 14.1. The largest absolute Gasteiger partial charge is 0.371 e. The Hall–Kier alpha value is -2.20. The number of amides is 1. The van der Waals surface area contributed by atoms with Gasteiger partial charge in [0.25, 0.3) is 5.69 Å². The molecule has 0 aromatic heterocycles. The molecular formula is C14H20N4O5S. The first kappa shape index (κ1) is 18.1. The van der Waals surface area contributed by atoms with Crippen LogP contribution >= 0.6 is 0 Å². The topological polar surface area (TPSA) is 130 Å². The number of benzene rings is 1. The van der Waals surface area contributed by atoms with E-state index >= 15 is 0 Å². The maximum absolute atomic E-state index is 11.9. The standard InChI is InChI=1S/C14H20N4O5S/c1-15-24(22,23)11-6-7-12(13(8-11)18(20)21)16-9-14(19)17-10-4-2-3-5-10/h6-8,10,15-16H,2-5,9H2,1H3,(H,17,19). The normalized spacial score (nSPS) is 15.2. The highest BCUT2D eigenvalue weighted by Crippen LogP contribution is 2.27. The molecule has 1 fully saturated rings. The molecule has 0 bridgehead atoms. The summed E-state index contributed by atoms with van der Waals surface area (Å²) in [6.07, 6.45) is 4.07. The van der Waals surface area contributed by atoms with E-state index in [0.29, 0.717) is 0 Å². The van der Waals surface area contributed by atoms with Gasteiger partial charge in [0.05, 0.1) is 16.4 Å². The van der Waals surface area contributed by atoms with E-state index in [4.69, 9.17) is 0 Å². The summed E-state index contributed by atoms with van der Waals surface area (Å²) < 4.78 is 25.6. The van der Waals surface area contributed by atoms with Crippen molar-refractivity contribution in [3.63, 3.8) is 0 Å². The number of rotatable bonds is 7. The van der Waals surface area contributed by atoms with Gasteiger partial charge in [0.15, 0.2) is 0 Å². The number of anilines is 1. The summed E-state index contributed by atoms with van der Waals surface area (Å²) in [5.74, 6) is -0.247. The molecule has 24 heavy (non-hydrogen) atoms. The lowest BCUT2D eigenvalue weighted by atomic mass is 10.2. The second-order valence-corrected chi connectivity index (χ2v) is 7.43. The summed E-state index contributed by atoms with van der Waals surface area (Å²) in [6.45, 7) is -0.116. The lowest BCUT2D eigenvalue weighted by Gasteiger charge is -2.13. The zero-order chi connectivity index (χ0) is 17.7. The summed E-state index contributed by atoms with van der Waals surface area (Å²) in [7, 11) is -2.56. The molecule has 0 spiro atoms. The van der Waals surface area contributed by atoms with Crippen LogP contribution in [0.25, 0.3) is 0 Å². The molecule has 1 aromatic carbocycles. The van der Waals surface area contributed by atoms with E-state index < -0.39 is 20.6 Å². The van der Waals surface area contributed by atoms with Crippen molar-refractivity contribution in [2.45, 2.75) is 36.6 Å². The van der Waals surface area contributed by atoms with Crippen LogP contribution in [0.5, 0.6) is 0 Å². The van der Waals surface area contributed by atoms with E-state index in [-0.39, 0.29) is 29.1 Å². The number of nitrogens with one attached hydrogen (secondary N) is 3.